The molecule has 18 heavy (non-hydrogen) atoms. The van der Waals surface area contributed by atoms with Gasteiger partial charge in [0.05, 0.1) is 6.10 Å². The summed E-state index contributed by atoms with van der Waals surface area (Å²) in [5.41, 5.74) is 2.57. The van der Waals surface area contributed by atoms with Gasteiger partial charge in [0.1, 0.15) is 0 Å². The normalized spacial score (nSPS) is 21.6. The first-order valence-electron chi connectivity index (χ1n) is 6.66. The molecule has 1 aliphatic heterocycles. The molecule has 1 aromatic rings. The molecule has 3 nitrogen and oxygen atoms in total. The monoisotopic (exact) mass is 248 g/mol. The zero-order valence-electron chi connectivity index (χ0n) is 11.9. The second-order valence-corrected chi connectivity index (χ2v) is 5.32. The number of nitrogens with zero attached hydrogens (tertiary/aromatic N) is 2. The second kappa shape index (κ2) is 5.72. The third-order valence-corrected chi connectivity index (χ3v) is 3.97. The lowest BCUT2D eigenvalue weighted by Gasteiger charge is -2.22. The van der Waals surface area contributed by atoms with Crippen LogP contribution in [0.1, 0.15) is 25.0 Å². The summed E-state index contributed by atoms with van der Waals surface area (Å²) in [6.07, 6.45) is 1.43. The molecule has 3 heteroatoms. The predicted octanol–water partition coefficient (Wildman–Crippen LogP) is 2.53. The van der Waals surface area contributed by atoms with Crippen molar-refractivity contribution in [2.45, 2.75) is 25.5 Å². The second-order valence-electron chi connectivity index (χ2n) is 5.32. The minimum absolute atomic E-state index is 0.173. The van der Waals surface area contributed by atoms with E-state index in [4.69, 9.17) is 4.74 Å². The molecule has 0 aromatic heterocycles. The Morgan fingerprint density at radius 3 is 2.44 bits per heavy atom. The zero-order chi connectivity index (χ0) is 13.1. The zero-order valence-corrected chi connectivity index (χ0v) is 11.9. The van der Waals surface area contributed by atoms with Crippen LogP contribution in [0, 0.1) is 0 Å². The molecule has 0 N–H and O–H groups in total. The van der Waals surface area contributed by atoms with E-state index in [9.17, 15) is 0 Å². The standard InChI is InChI=1S/C15H24N2O/c1-12(18-4)13-5-7-14(8-6-13)17-10-9-15(11-17)16(2)3/h5-8,12,15H,9-11H2,1-4H3. The van der Waals surface area contributed by atoms with E-state index in [2.05, 4.69) is 55.1 Å². The van der Waals surface area contributed by atoms with Crippen LogP contribution >= 0.6 is 0 Å². The summed E-state index contributed by atoms with van der Waals surface area (Å²) < 4.78 is 5.33. The summed E-state index contributed by atoms with van der Waals surface area (Å²) in [5, 5.41) is 0. The van der Waals surface area contributed by atoms with Gasteiger partial charge in [-0.25, -0.2) is 0 Å². The summed E-state index contributed by atoms with van der Waals surface area (Å²) >= 11 is 0. The Bertz CT molecular complexity index is 375. The Morgan fingerprint density at radius 1 is 1.28 bits per heavy atom. The summed E-state index contributed by atoms with van der Waals surface area (Å²) in [6, 6.07) is 9.45. The van der Waals surface area contributed by atoms with Gasteiger partial charge in [-0.05, 0) is 45.1 Å². The molecule has 1 heterocycles. The Labute approximate surface area is 110 Å². The number of ether oxygens (including phenoxy) is 1. The van der Waals surface area contributed by atoms with E-state index in [0.717, 1.165) is 13.1 Å². The number of anilines is 1. The molecule has 1 aromatic carbocycles. The summed E-state index contributed by atoms with van der Waals surface area (Å²) in [5.74, 6) is 0. The van der Waals surface area contributed by atoms with E-state index in [0.29, 0.717) is 6.04 Å². The van der Waals surface area contributed by atoms with Gasteiger partial charge in [0.25, 0.3) is 0 Å². The van der Waals surface area contributed by atoms with Crippen molar-refractivity contribution in [3.05, 3.63) is 29.8 Å². The average Bonchev–Trinajstić information content (AvgIpc) is 2.88. The van der Waals surface area contributed by atoms with Crippen LogP contribution in [0.3, 0.4) is 0 Å². The molecule has 100 valence electrons. The fourth-order valence-corrected chi connectivity index (χ4v) is 2.49. The first-order valence-corrected chi connectivity index (χ1v) is 6.66. The molecule has 1 fully saturated rings. The maximum atomic E-state index is 5.33. The van der Waals surface area contributed by atoms with Gasteiger partial charge in [-0.1, -0.05) is 12.1 Å². The lowest BCUT2D eigenvalue weighted by Crippen LogP contribution is -2.31. The molecular formula is C15H24N2O. The highest BCUT2D eigenvalue weighted by Gasteiger charge is 2.23. The highest BCUT2D eigenvalue weighted by molar-refractivity contribution is 5.49. The molecule has 2 atom stereocenters. The van der Waals surface area contributed by atoms with Gasteiger partial charge in [0.2, 0.25) is 0 Å². The van der Waals surface area contributed by atoms with Crippen molar-refractivity contribution in [1.29, 1.82) is 0 Å². The number of benzene rings is 1. The first-order chi connectivity index (χ1) is 8.61. The summed E-state index contributed by atoms with van der Waals surface area (Å²) in [4.78, 5) is 4.79. The Hall–Kier alpha value is -1.06. The third kappa shape index (κ3) is 2.85. The number of likely N-dealkylation sites (N-methyl/N-ethyl adjacent to an activating group) is 1. The van der Waals surface area contributed by atoms with Crippen molar-refractivity contribution in [2.24, 2.45) is 0 Å². The average molecular weight is 248 g/mol. The maximum Gasteiger partial charge on any atom is 0.0793 e. The van der Waals surface area contributed by atoms with E-state index in [1.165, 1.54) is 17.7 Å². The van der Waals surface area contributed by atoms with Gasteiger partial charge in [0.15, 0.2) is 0 Å². The Balaban J connectivity index is 2.02. The molecule has 0 amide bonds. The van der Waals surface area contributed by atoms with Crippen molar-refractivity contribution in [3.63, 3.8) is 0 Å². The molecule has 0 aliphatic carbocycles. The largest absolute Gasteiger partial charge is 0.377 e. The SMILES string of the molecule is COC(C)c1ccc(N2CCC(N(C)C)C2)cc1. The van der Waals surface area contributed by atoms with Crippen LogP contribution in [0.4, 0.5) is 5.69 Å². The Morgan fingerprint density at radius 2 is 1.94 bits per heavy atom. The van der Waals surface area contributed by atoms with Crippen LogP contribution in [0.15, 0.2) is 24.3 Å². The molecule has 1 saturated heterocycles. The van der Waals surface area contributed by atoms with Gasteiger partial charge in [-0.3, -0.25) is 0 Å². The Kier molecular flexibility index (Phi) is 4.25. The van der Waals surface area contributed by atoms with E-state index in [1.807, 2.05) is 0 Å². The molecule has 2 rings (SSSR count). The highest BCUT2D eigenvalue weighted by atomic mass is 16.5. The lowest BCUT2D eigenvalue weighted by molar-refractivity contribution is 0.119. The van der Waals surface area contributed by atoms with Crippen molar-refractivity contribution < 1.29 is 4.74 Å². The predicted molar refractivity (Wildman–Crippen MR) is 76.2 cm³/mol. The summed E-state index contributed by atoms with van der Waals surface area (Å²) in [7, 11) is 6.08. The van der Waals surface area contributed by atoms with E-state index in [-0.39, 0.29) is 6.10 Å². The van der Waals surface area contributed by atoms with Gasteiger partial charge < -0.3 is 14.5 Å². The lowest BCUT2D eigenvalue weighted by atomic mass is 10.1. The fraction of sp³-hybridized carbons (Fsp3) is 0.600. The van der Waals surface area contributed by atoms with Gasteiger partial charge in [-0.15, -0.1) is 0 Å². The van der Waals surface area contributed by atoms with Crippen LogP contribution < -0.4 is 4.90 Å². The third-order valence-electron chi connectivity index (χ3n) is 3.97. The molecule has 0 spiro atoms. The van der Waals surface area contributed by atoms with Crippen molar-refractivity contribution in [3.8, 4) is 0 Å². The molecule has 1 aliphatic rings. The quantitative estimate of drug-likeness (QED) is 0.814. The van der Waals surface area contributed by atoms with Crippen molar-refractivity contribution in [2.75, 3.05) is 39.2 Å². The highest BCUT2D eigenvalue weighted by Crippen LogP contribution is 2.24. The van der Waals surface area contributed by atoms with E-state index in [1.54, 1.807) is 7.11 Å². The molecule has 0 saturated carbocycles. The van der Waals surface area contributed by atoms with Crippen LogP contribution in [-0.2, 0) is 4.74 Å². The van der Waals surface area contributed by atoms with Crippen LogP contribution in [0.2, 0.25) is 0 Å². The number of hydrogen-bond donors (Lipinski definition) is 0. The minimum Gasteiger partial charge on any atom is -0.377 e. The first kappa shape index (κ1) is 13.4. The molecule has 0 bridgehead atoms. The van der Waals surface area contributed by atoms with Crippen molar-refractivity contribution >= 4 is 5.69 Å². The number of methoxy groups -OCH3 is 1. The fourth-order valence-electron chi connectivity index (χ4n) is 2.49. The molecule has 0 radical (unpaired) electrons. The van der Waals surface area contributed by atoms with E-state index < -0.39 is 0 Å². The smallest absolute Gasteiger partial charge is 0.0793 e. The maximum absolute atomic E-state index is 5.33. The molecular weight excluding hydrogens is 224 g/mol. The summed E-state index contributed by atoms with van der Waals surface area (Å²) in [6.45, 7) is 4.36. The van der Waals surface area contributed by atoms with Crippen LogP contribution in [0.25, 0.3) is 0 Å². The van der Waals surface area contributed by atoms with E-state index >= 15 is 0 Å². The topological polar surface area (TPSA) is 15.7 Å². The molecule has 2 unspecified atom stereocenters. The number of rotatable bonds is 4. The van der Waals surface area contributed by atoms with Crippen LogP contribution in [-0.4, -0.2) is 45.2 Å². The van der Waals surface area contributed by atoms with Gasteiger partial charge in [-0.2, -0.15) is 0 Å². The minimum atomic E-state index is 0.173. The number of hydrogen-bond acceptors (Lipinski definition) is 3. The van der Waals surface area contributed by atoms with Gasteiger partial charge in [0, 0.05) is 31.9 Å². The van der Waals surface area contributed by atoms with Crippen LogP contribution in [0.5, 0.6) is 0 Å². The van der Waals surface area contributed by atoms with Gasteiger partial charge >= 0.3 is 0 Å². The van der Waals surface area contributed by atoms with Crippen molar-refractivity contribution in [1.82, 2.24) is 4.90 Å².